The van der Waals surface area contributed by atoms with Crippen LogP contribution in [0.3, 0.4) is 0 Å². The largest absolute Gasteiger partial charge is 0.298 e. The summed E-state index contributed by atoms with van der Waals surface area (Å²) in [5, 5.41) is 0. The van der Waals surface area contributed by atoms with Gasteiger partial charge in [0.15, 0.2) is 0 Å². The molecule has 2 aliphatic heterocycles. The fourth-order valence-electron chi connectivity index (χ4n) is 2.40. The van der Waals surface area contributed by atoms with Gasteiger partial charge in [-0.3, -0.25) is 9.80 Å². The fourth-order valence-corrected chi connectivity index (χ4v) is 2.40. The molecule has 1 unspecified atom stereocenters. The zero-order valence-electron chi connectivity index (χ0n) is 7.71. The molecule has 0 bridgehead atoms. The van der Waals surface area contributed by atoms with Gasteiger partial charge in [-0.15, -0.1) is 6.58 Å². The minimum atomic E-state index is 0.860. The Morgan fingerprint density at radius 2 is 2.25 bits per heavy atom. The second kappa shape index (κ2) is 3.58. The summed E-state index contributed by atoms with van der Waals surface area (Å²) in [5.74, 6) is 0. The molecule has 0 N–H and O–H groups in total. The van der Waals surface area contributed by atoms with Gasteiger partial charge in [-0.25, -0.2) is 0 Å². The molecule has 0 aliphatic carbocycles. The predicted octanol–water partition coefficient (Wildman–Crippen LogP) is 0.952. The smallest absolute Gasteiger partial charge is 0.0224 e. The van der Waals surface area contributed by atoms with E-state index in [0.717, 1.165) is 12.6 Å². The first-order valence-corrected chi connectivity index (χ1v) is 4.97. The topological polar surface area (TPSA) is 6.48 Å². The summed E-state index contributed by atoms with van der Waals surface area (Å²) < 4.78 is 0. The van der Waals surface area contributed by atoms with Crippen LogP contribution in [0.1, 0.15) is 12.8 Å². The summed E-state index contributed by atoms with van der Waals surface area (Å²) >= 11 is 0. The molecule has 2 nitrogen and oxygen atoms in total. The van der Waals surface area contributed by atoms with Crippen LogP contribution in [0.5, 0.6) is 0 Å². The van der Waals surface area contributed by atoms with E-state index in [4.69, 9.17) is 0 Å². The average Bonchev–Trinajstić information content (AvgIpc) is 2.51. The third kappa shape index (κ3) is 1.54. The molecule has 0 spiro atoms. The third-order valence-corrected chi connectivity index (χ3v) is 3.06. The standard InChI is InChI=1S/C10H18N2/c1-2-5-11-7-8-12-6-3-4-10(12)9-11/h2,10H,1,3-9H2. The molecule has 0 aromatic heterocycles. The molecule has 0 saturated carbocycles. The maximum absolute atomic E-state index is 3.79. The van der Waals surface area contributed by atoms with Crippen molar-refractivity contribution in [3.63, 3.8) is 0 Å². The van der Waals surface area contributed by atoms with Crippen LogP contribution in [0.2, 0.25) is 0 Å². The fraction of sp³-hybridized carbons (Fsp3) is 0.800. The number of piperazine rings is 1. The maximum Gasteiger partial charge on any atom is 0.0224 e. The molecule has 0 aromatic carbocycles. The highest BCUT2D eigenvalue weighted by Crippen LogP contribution is 2.20. The van der Waals surface area contributed by atoms with Gasteiger partial charge in [-0.05, 0) is 19.4 Å². The van der Waals surface area contributed by atoms with Gasteiger partial charge in [-0.1, -0.05) is 6.08 Å². The van der Waals surface area contributed by atoms with Gasteiger partial charge >= 0.3 is 0 Å². The molecule has 2 fully saturated rings. The van der Waals surface area contributed by atoms with Crippen LogP contribution >= 0.6 is 0 Å². The molecule has 2 saturated heterocycles. The Bertz CT molecular complexity index is 167. The SMILES string of the molecule is C=CCN1CCN2CCCC2C1. The van der Waals surface area contributed by atoms with E-state index in [1.807, 2.05) is 6.08 Å². The first kappa shape index (κ1) is 8.27. The number of nitrogens with zero attached hydrogens (tertiary/aromatic N) is 2. The van der Waals surface area contributed by atoms with Gasteiger partial charge in [0.1, 0.15) is 0 Å². The number of rotatable bonds is 2. The summed E-state index contributed by atoms with van der Waals surface area (Å²) in [6, 6.07) is 0.860. The second-order valence-corrected chi connectivity index (χ2v) is 3.88. The number of fused-ring (bicyclic) bond motifs is 1. The van der Waals surface area contributed by atoms with Crippen molar-refractivity contribution in [3.05, 3.63) is 12.7 Å². The molecule has 0 radical (unpaired) electrons. The van der Waals surface area contributed by atoms with Crippen molar-refractivity contribution in [3.8, 4) is 0 Å². The highest BCUT2D eigenvalue weighted by atomic mass is 15.3. The predicted molar refractivity (Wildman–Crippen MR) is 51.2 cm³/mol. The Hall–Kier alpha value is -0.340. The lowest BCUT2D eigenvalue weighted by atomic mass is 10.1. The third-order valence-electron chi connectivity index (χ3n) is 3.06. The lowest BCUT2D eigenvalue weighted by Gasteiger charge is -2.36. The van der Waals surface area contributed by atoms with Crippen LogP contribution in [0.15, 0.2) is 12.7 Å². The first-order valence-electron chi connectivity index (χ1n) is 4.97. The molecule has 12 heavy (non-hydrogen) atoms. The molecule has 2 rings (SSSR count). The Morgan fingerprint density at radius 3 is 3.08 bits per heavy atom. The Labute approximate surface area is 74.8 Å². The van der Waals surface area contributed by atoms with Gasteiger partial charge in [0.05, 0.1) is 0 Å². The molecule has 0 amide bonds. The van der Waals surface area contributed by atoms with Gasteiger partial charge in [-0.2, -0.15) is 0 Å². The molecule has 2 heteroatoms. The van der Waals surface area contributed by atoms with Crippen LogP contribution < -0.4 is 0 Å². The second-order valence-electron chi connectivity index (χ2n) is 3.88. The van der Waals surface area contributed by atoms with Crippen LogP contribution in [-0.2, 0) is 0 Å². The van der Waals surface area contributed by atoms with Gasteiger partial charge in [0, 0.05) is 32.2 Å². The lowest BCUT2D eigenvalue weighted by Crippen LogP contribution is -2.49. The number of hydrogen-bond acceptors (Lipinski definition) is 2. The van der Waals surface area contributed by atoms with Crippen LogP contribution in [-0.4, -0.2) is 48.6 Å². The lowest BCUT2D eigenvalue weighted by molar-refractivity contribution is 0.114. The zero-order valence-corrected chi connectivity index (χ0v) is 7.71. The van der Waals surface area contributed by atoms with Crippen molar-refractivity contribution < 1.29 is 0 Å². The maximum atomic E-state index is 3.79. The van der Waals surface area contributed by atoms with Crippen LogP contribution in [0, 0.1) is 0 Å². The van der Waals surface area contributed by atoms with Crippen LogP contribution in [0.4, 0.5) is 0 Å². The molecular weight excluding hydrogens is 148 g/mol. The van der Waals surface area contributed by atoms with Gasteiger partial charge < -0.3 is 0 Å². The Morgan fingerprint density at radius 1 is 1.33 bits per heavy atom. The van der Waals surface area contributed by atoms with Crippen molar-refractivity contribution in [2.75, 3.05) is 32.7 Å². The summed E-state index contributed by atoms with van der Waals surface area (Å²) in [5.41, 5.74) is 0. The van der Waals surface area contributed by atoms with Crippen molar-refractivity contribution in [2.45, 2.75) is 18.9 Å². The van der Waals surface area contributed by atoms with Crippen molar-refractivity contribution in [1.82, 2.24) is 9.80 Å². The molecular formula is C10H18N2. The highest BCUT2D eigenvalue weighted by molar-refractivity contribution is 4.88. The van der Waals surface area contributed by atoms with E-state index in [-0.39, 0.29) is 0 Å². The summed E-state index contributed by atoms with van der Waals surface area (Å²) in [6.45, 7) is 9.98. The van der Waals surface area contributed by atoms with Gasteiger partial charge in [0.2, 0.25) is 0 Å². The van der Waals surface area contributed by atoms with E-state index in [1.165, 1.54) is 39.0 Å². The van der Waals surface area contributed by atoms with E-state index < -0.39 is 0 Å². The normalized spacial score (nSPS) is 31.8. The van der Waals surface area contributed by atoms with Crippen LogP contribution in [0.25, 0.3) is 0 Å². The van der Waals surface area contributed by atoms with E-state index >= 15 is 0 Å². The van der Waals surface area contributed by atoms with Crippen molar-refractivity contribution in [2.24, 2.45) is 0 Å². The molecule has 2 aliphatic rings. The highest BCUT2D eigenvalue weighted by Gasteiger charge is 2.29. The quantitative estimate of drug-likeness (QED) is 0.564. The van der Waals surface area contributed by atoms with Crippen molar-refractivity contribution in [1.29, 1.82) is 0 Å². The minimum Gasteiger partial charge on any atom is -0.298 e. The molecule has 2 heterocycles. The number of hydrogen-bond donors (Lipinski definition) is 0. The van der Waals surface area contributed by atoms with E-state index in [9.17, 15) is 0 Å². The van der Waals surface area contributed by atoms with E-state index in [0.29, 0.717) is 0 Å². The summed E-state index contributed by atoms with van der Waals surface area (Å²) in [7, 11) is 0. The zero-order chi connectivity index (χ0) is 8.39. The van der Waals surface area contributed by atoms with Crippen molar-refractivity contribution >= 4 is 0 Å². The minimum absolute atomic E-state index is 0.860. The van der Waals surface area contributed by atoms with E-state index in [1.54, 1.807) is 0 Å². The monoisotopic (exact) mass is 166 g/mol. The average molecular weight is 166 g/mol. The molecule has 1 atom stereocenters. The Kier molecular flexibility index (Phi) is 2.47. The first-order chi connectivity index (χ1) is 5.90. The van der Waals surface area contributed by atoms with Gasteiger partial charge in [0.25, 0.3) is 0 Å². The Balaban J connectivity index is 1.87. The molecule has 68 valence electrons. The molecule has 0 aromatic rings. The summed E-state index contributed by atoms with van der Waals surface area (Å²) in [4.78, 5) is 5.15. The van der Waals surface area contributed by atoms with E-state index in [2.05, 4.69) is 16.4 Å². The summed E-state index contributed by atoms with van der Waals surface area (Å²) in [6.07, 6.45) is 4.84.